The fourth-order valence-electron chi connectivity index (χ4n) is 2.36. The first kappa shape index (κ1) is 18.2. The van der Waals surface area contributed by atoms with Crippen molar-refractivity contribution in [2.24, 2.45) is 0 Å². The molecule has 0 bridgehead atoms. The molecule has 0 unspecified atom stereocenters. The first-order chi connectivity index (χ1) is 12.5. The Hall–Kier alpha value is -2.55. The van der Waals surface area contributed by atoms with E-state index < -0.39 is 0 Å². The van der Waals surface area contributed by atoms with Crippen LogP contribution < -0.4 is 10.9 Å². The molecule has 0 aliphatic rings. The van der Waals surface area contributed by atoms with Crippen molar-refractivity contribution in [2.75, 3.05) is 6.54 Å². The maximum Gasteiger partial charge on any atom is 0.266 e. The van der Waals surface area contributed by atoms with Crippen molar-refractivity contribution >= 4 is 28.5 Å². The first-order valence-corrected chi connectivity index (χ1v) is 8.99. The van der Waals surface area contributed by atoms with Crippen molar-refractivity contribution in [3.05, 3.63) is 86.0 Å². The summed E-state index contributed by atoms with van der Waals surface area (Å²) >= 11 is 2.17. The molecule has 7 heteroatoms. The van der Waals surface area contributed by atoms with E-state index in [-0.39, 0.29) is 30.4 Å². The maximum absolute atomic E-state index is 13.0. The number of benzene rings is 2. The largest absolute Gasteiger partial charge is 0.350 e. The summed E-state index contributed by atoms with van der Waals surface area (Å²) in [6.07, 6.45) is 0. The van der Waals surface area contributed by atoms with E-state index in [1.165, 1.54) is 22.9 Å². The molecule has 3 rings (SSSR count). The van der Waals surface area contributed by atoms with Gasteiger partial charge >= 0.3 is 0 Å². The molecule has 132 valence electrons. The van der Waals surface area contributed by atoms with Crippen LogP contribution >= 0.6 is 22.6 Å². The summed E-state index contributed by atoms with van der Waals surface area (Å²) in [7, 11) is 0. The van der Waals surface area contributed by atoms with Crippen molar-refractivity contribution < 1.29 is 9.18 Å². The summed E-state index contributed by atoms with van der Waals surface area (Å²) < 4.78 is 15.4. The molecule has 0 fully saturated rings. The lowest BCUT2D eigenvalue weighted by Crippen LogP contribution is -2.31. The predicted octanol–water partition coefficient (Wildman–Crippen LogP) is 3.08. The SMILES string of the molecule is O=C(NCCn1nc(-c2ccc(F)cc2)ccc1=O)c1ccc(I)cc1. The van der Waals surface area contributed by atoms with Crippen LogP contribution in [0.5, 0.6) is 0 Å². The van der Waals surface area contributed by atoms with Gasteiger partial charge in [0.15, 0.2) is 0 Å². The van der Waals surface area contributed by atoms with Gasteiger partial charge in [0.05, 0.1) is 12.2 Å². The standard InChI is InChI=1S/C19H15FIN3O2/c20-15-5-1-13(2-6-15)17-9-10-18(25)24(23-17)12-11-22-19(26)14-3-7-16(21)8-4-14/h1-10H,11-12H2,(H,22,26). The third-order valence-electron chi connectivity index (χ3n) is 3.72. The molecule has 0 saturated carbocycles. The molecule has 0 radical (unpaired) electrons. The lowest BCUT2D eigenvalue weighted by molar-refractivity contribution is 0.0951. The van der Waals surface area contributed by atoms with Gasteiger partial charge in [0.1, 0.15) is 5.82 Å². The van der Waals surface area contributed by atoms with Gasteiger partial charge in [0, 0.05) is 27.3 Å². The van der Waals surface area contributed by atoms with Gasteiger partial charge in [-0.2, -0.15) is 5.10 Å². The Kier molecular flexibility index (Phi) is 5.77. The number of carbonyl (C=O) groups is 1. The van der Waals surface area contributed by atoms with Crippen LogP contribution in [0.1, 0.15) is 10.4 Å². The van der Waals surface area contributed by atoms with Gasteiger partial charge in [0.2, 0.25) is 0 Å². The van der Waals surface area contributed by atoms with Crippen molar-refractivity contribution in [3.63, 3.8) is 0 Å². The van der Waals surface area contributed by atoms with Crippen molar-refractivity contribution in [2.45, 2.75) is 6.54 Å². The van der Waals surface area contributed by atoms with E-state index in [2.05, 4.69) is 33.0 Å². The van der Waals surface area contributed by atoms with E-state index in [1.54, 1.807) is 30.3 Å². The Labute approximate surface area is 163 Å². The van der Waals surface area contributed by atoms with Crippen LogP contribution in [0.25, 0.3) is 11.3 Å². The molecule has 1 amide bonds. The number of halogens is 2. The number of hydrogen-bond donors (Lipinski definition) is 1. The van der Waals surface area contributed by atoms with Crippen LogP contribution in [-0.4, -0.2) is 22.2 Å². The van der Waals surface area contributed by atoms with Gasteiger partial charge in [-0.25, -0.2) is 9.07 Å². The van der Waals surface area contributed by atoms with Crippen LogP contribution in [0.2, 0.25) is 0 Å². The number of aromatic nitrogens is 2. The molecular weight excluding hydrogens is 448 g/mol. The fraction of sp³-hybridized carbons (Fsp3) is 0.105. The summed E-state index contributed by atoms with van der Waals surface area (Å²) in [4.78, 5) is 24.1. The highest BCUT2D eigenvalue weighted by Gasteiger charge is 2.07. The molecule has 26 heavy (non-hydrogen) atoms. The fourth-order valence-corrected chi connectivity index (χ4v) is 2.72. The van der Waals surface area contributed by atoms with Crippen molar-refractivity contribution in [3.8, 4) is 11.3 Å². The average molecular weight is 463 g/mol. The average Bonchev–Trinajstić information content (AvgIpc) is 2.64. The highest BCUT2D eigenvalue weighted by Crippen LogP contribution is 2.15. The zero-order chi connectivity index (χ0) is 18.5. The smallest absolute Gasteiger partial charge is 0.266 e. The second-order valence-electron chi connectivity index (χ2n) is 5.55. The molecule has 1 aromatic heterocycles. The maximum atomic E-state index is 13.0. The second kappa shape index (κ2) is 8.22. The minimum Gasteiger partial charge on any atom is -0.350 e. The van der Waals surface area contributed by atoms with E-state index in [0.29, 0.717) is 16.8 Å². The van der Waals surface area contributed by atoms with Crippen LogP contribution in [0, 0.1) is 9.39 Å². The Morgan fingerprint density at radius 2 is 1.73 bits per heavy atom. The minimum atomic E-state index is -0.333. The Bertz CT molecular complexity index is 969. The summed E-state index contributed by atoms with van der Waals surface area (Å²) in [6.45, 7) is 0.509. The molecule has 3 aromatic rings. The lowest BCUT2D eigenvalue weighted by atomic mass is 10.1. The van der Waals surface area contributed by atoms with Gasteiger partial charge in [-0.05, 0) is 77.2 Å². The highest BCUT2D eigenvalue weighted by atomic mass is 127. The van der Waals surface area contributed by atoms with Crippen LogP contribution in [0.15, 0.2) is 65.5 Å². The predicted molar refractivity (Wildman–Crippen MR) is 105 cm³/mol. The number of amides is 1. The summed E-state index contributed by atoms with van der Waals surface area (Å²) in [5.74, 6) is -0.537. The first-order valence-electron chi connectivity index (χ1n) is 7.91. The number of hydrogen-bond acceptors (Lipinski definition) is 3. The molecule has 0 atom stereocenters. The van der Waals surface area contributed by atoms with E-state index in [0.717, 1.165) is 3.57 Å². The van der Waals surface area contributed by atoms with Gasteiger partial charge in [-0.3, -0.25) is 9.59 Å². The van der Waals surface area contributed by atoms with Gasteiger partial charge in [0.25, 0.3) is 11.5 Å². The third kappa shape index (κ3) is 4.54. The molecule has 5 nitrogen and oxygen atoms in total. The zero-order valence-electron chi connectivity index (χ0n) is 13.7. The summed E-state index contributed by atoms with van der Waals surface area (Å²) in [5.41, 5.74) is 1.57. The van der Waals surface area contributed by atoms with Crippen molar-refractivity contribution in [1.82, 2.24) is 15.1 Å². The molecule has 1 heterocycles. The monoisotopic (exact) mass is 463 g/mol. The van der Waals surface area contributed by atoms with E-state index in [9.17, 15) is 14.0 Å². The van der Waals surface area contributed by atoms with Crippen molar-refractivity contribution in [1.29, 1.82) is 0 Å². The van der Waals surface area contributed by atoms with E-state index >= 15 is 0 Å². The molecule has 0 saturated heterocycles. The zero-order valence-corrected chi connectivity index (χ0v) is 15.8. The molecule has 1 N–H and O–H groups in total. The molecule has 0 spiro atoms. The van der Waals surface area contributed by atoms with Gasteiger partial charge in [-0.1, -0.05) is 0 Å². The molecule has 0 aliphatic heterocycles. The third-order valence-corrected chi connectivity index (χ3v) is 4.44. The topological polar surface area (TPSA) is 64.0 Å². The Morgan fingerprint density at radius 1 is 1.04 bits per heavy atom. The van der Waals surface area contributed by atoms with E-state index in [1.807, 2.05) is 12.1 Å². The van der Waals surface area contributed by atoms with Crippen LogP contribution in [0.3, 0.4) is 0 Å². The number of nitrogens with one attached hydrogen (secondary N) is 1. The Balaban J connectivity index is 1.67. The Morgan fingerprint density at radius 3 is 2.42 bits per heavy atom. The van der Waals surface area contributed by atoms with Crippen LogP contribution in [0.4, 0.5) is 4.39 Å². The molecule has 0 aliphatic carbocycles. The van der Waals surface area contributed by atoms with Gasteiger partial charge < -0.3 is 5.32 Å². The normalized spacial score (nSPS) is 10.5. The lowest BCUT2D eigenvalue weighted by Gasteiger charge is -2.09. The minimum absolute atomic E-state index is 0.205. The molecular formula is C19H15FIN3O2. The second-order valence-corrected chi connectivity index (χ2v) is 6.80. The van der Waals surface area contributed by atoms with Crippen LogP contribution in [-0.2, 0) is 6.54 Å². The summed E-state index contributed by atoms with van der Waals surface area (Å²) in [5, 5.41) is 7.05. The number of nitrogens with zero attached hydrogens (tertiary/aromatic N) is 2. The molecule has 2 aromatic carbocycles. The number of rotatable bonds is 5. The summed E-state index contributed by atoms with van der Waals surface area (Å²) in [6, 6.07) is 16.1. The quantitative estimate of drug-likeness (QED) is 0.592. The highest BCUT2D eigenvalue weighted by molar-refractivity contribution is 14.1. The van der Waals surface area contributed by atoms with E-state index in [4.69, 9.17) is 0 Å². The van der Waals surface area contributed by atoms with Gasteiger partial charge in [-0.15, -0.1) is 0 Å². The number of carbonyl (C=O) groups excluding carboxylic acids is 1.